The van der Waals surface area contributed by atoms with Crippen LogP contribution in [0.4, 0.5) is 5.69 Å². The molecule has 0 aliphatic carbocycles. The summed E-state index contributed by atoms with van der Waals surface area (Å²) in [6, 6.07) is 8.94. The summed E-state index contributed by atoms with van der Waals surface area (Å²) >= 11 is 12.9. The normalized spacial score (nSPS) is 15.9. The fourth-order valence-electron chi connectivity index (χ4n) is 3.70. The number of benzene rings is 2. The number of carbonyl (C=O) groups excluding carboxylic acids is 1. The second kappa shape index (κ2) is 7.70. The number of fused-ring (bicyclic) bond motifs is 1. The Balaban J connectivity index is 1.87. The molecule has 1 aliphatic heterocycles. The highest BCUT2D eigenvalue weighted by atomic mass is 35.5. The lowest BCUT2D eigenvalue weighted by molar-refractivity contribution is 0.102. The highest BCUT2D eigenvalue weighted by Crippen LogP contribution is 2.39. The van der Waals surface area contributed by atoms with Crippen molar-refractivity contribution in [1.82, 2.24) is 4.90 Å². The maximum atomic E-state index is 12.7. The maximum Gasteiger partial charge on any atom is 0.255 e. The van der Waals surface area contributed by atoms with Crippen LogP contribution < -0.4 is 10.1 Å². The van der Waals surface area contributed by atoms with Crippen LogP contribution in [-0.4, -0.2) is 31.0 Å². The molecule has 1 aliphatic rings. The summed E-state index contributed by atoms with van der Waals surface area (Å²) in [5.74, 6) is 0.304. The molecular formula is C21H24Cl2N2O2. The number of halogens is 2. The molecule has 1 amide bonds. The molecular weight excluding hydrogens is 383 g/mol. The summed E-state index contributed by atoms with van der Waals surface area (Å²) in [7, 11) is 2.08. The van der Waals surface area contributed by atoms with Crippen LogP contribution in [0.2, 0.25) is 10.0 Å². The van der Waals surface area contributed by atoms with E-state index in [4.69, 9.17) is 27.9 Å². The van der Waals surface area contributed by atoms with Gasteiger partial charge in [-0.15, -0.1) is 0 Å². The Bertz CT molecular complexity index is 881. The van der Waals surface area contributed by atoms with Crippen LogP contribution in [0.15, 0.2) is 30.3 Å². The molecule has 0 bridgehead atoms. The highest BCUT2D eigenvalue weighted by molar-refractivity contribution is 6.35. The third-order valence-corrected chi connectivity index (χ3v) is 5.53. The molecule has 2 aromatic carbocycles. The number of anilines is 1. The number of hydrogen-bond acceptors (Lipinski definition) is 3. The van der Waals surface area contributed by atoms with Gasteiger partial charge < -0.3 is 15.0 Å². The van der Waals surface area contributed by atoms with Crippen molar-refractivity contribution in [3.63, 3.8) is 0 Å². The number of ether oxygens (including phenoxy) is 1. The van der Waals surface area contributed by atoms with Gasteiger partial charge in [-0.1, -0.05) is 43.1 Å². The average Bonchev–Trinajstić information content (AvgIpc) is 2.59. The molecule has 0 fully saturated rings. The van der Waals surface area contributed by atoms with Gasteiger partial charge in [-0.2, -0.15) is 0 Å². The van der Waals surface area contributed by atoms with E-state index < -0.39 is 0 Å². The fraction of sp³-hybridized carbons (Fsp3) is 0.381. The lowest BCUT2D eigenvalue weighted by Gasteiger charge is -2.39. The van der Waals surface area contributed by atoms with Crippen LogP contribution in [0.1, 0.15) is 42.3 Å². The van der Waals surface area contributed by atoms with Crippen molar-refractivity contribution in [2.24, 2.45) is 0 Å². The summed E-state index contributed by atoms with van der Waals surface area (Å²) in [5, 5.41) is 3.91. The number of carbonyl (C=O) groups is 1. The van der Waals surface area contributed by atoms with E-state index in [9.17, 15) is 4.79 Å². The van der Waals surface area contributed by atoms with E-state index >= 15 is 0 Å². The third kappa shape index (κ3) is 4.08. The number of hydrogen-bond donors (Lipinski definition) is 1. The molecule has 0 saturated heterocycles. The number of rotatable bonds is 4. The van der Waals surface area contributed by atoms with E-state index in [1.54, 1.807) is 18.2 Å². The van der Waals surface area contributed by atoms with Gasteiger partial charge in [0.25, 0.3) is 5.91 Å². The molecule has 0 radical (unpaired) electrons. The first kappa shape index (κ1) is 20.0. The second-order valence-electron chi connectivity index (χ2n) is 7.54. The van der Waals surface area contributed by atoms with Gasteiger partial charge in [0.15, 0.2) is 0 Å². The topological polar surface area (TPSA) is 41.6 Å². The van der Waals surface area contributed by atoms with E-state index in [0.29, 0.717) is 33.7 Å². The molecule has 144 valence electrons. The molecule has 0 atom stereocenters. The highest BCUT2D eigenvalue weighted by Gasteiger charge is 2.32. The summed E-state index contributed by atoms with van der Waals surface area (Å²) in [6.07, 6.45) is 0. The quantitative estimate of drug-likeness (QED) is 0.741. The van der Waals surface area contributed by atoms with Gasteiger partial charge in [0, 0.05) is 24.1 Å². The molecule has 1 N–H and O–H groups in total. The van der Waals surface area contributed by atoms with E-state index in [1.165, 1.54) is 5.56 Å². The molecule has 6 heteroatoms. The van der Waals surface area contributed by atoms with Crippen LogP contribution >= 0.6 is 23.2 Å². The summed E-state index contributed by atoms with van der Waals surface area (Å²) in [6.45, 7) is 8.54. The van der Waals surface area contributed by atoms with Crippen LogP contribution in [-0.2, 0) is 12.0 Å². The molecule has 0 spiro atoms. The first-order valence-corrected chi connectivity index (χ1v) is 9.72. The molecule has 0 unspecified atom stereocenters. The van der Waals surface area contributed by atoms with Crippen LogP contribution in [0.25, 0.3) is 0 Å². The van der Waals surface area contributed by atoms with Gasteiger partial charge in [-0.3, -0.25) is 4.79 Å². The summed E-state index contributed by atoms with van der Waals surface area (Å²) in [5.41, 5.74) is 3.37. The second-order valence-corrected chi connectivity index (χ2v) is 8.33. The third-order valence-electron chi connectivity index (χ3n) is 4.81. The van der Waals surface area contributed by atoms with Crippen LogP contribution in [0.3, 0.4) is 0 Å². The SMILES string of the molecule is CCOc1ccc(C(=O)Nc2ccc3c(c2Cl)CN(C)CC3(C)C)cc1Cl. The van der Waals surface area contributed by atoms with Crippen molar-refractivity contribution in [2.75, 3.05) is 25.5 Å². The fourth-order valence-corrected chi connectivity index (χ4v) is 4.21. The Kier molecular flexibility index (Phi) is 5.71. The molecule has 0 saturated carbocycles. The standard InChI is InChI=1S/C21H24Cl2N2O2/c1-5-27-18-9-6-13(10-16(18)22)20(26)24-17-8-7-15-14(19(17)23)11-25(4)12-21(15,2)3/h6-10H,5,11-12H2,1-4H3,(H,24,26). The van der Waals surface area contributed by atoms with Gasteiger partial charge in [-0.05, 0) is 49.4 Å². The zero-order valence-electron chi connectivity index (χ0n) is 16.0. The predicted octanol–water partition coefficient (Wildman–Crippen LogP) is 5.37. The first-order chi connectivity index (χ1) is 12.7. The minimum atomic E-state index is -0.259. The van der Waals surface area contributed by atoms with Crippen molar-refractivity contribution in [2.45, 2.75) is 32.7 Å². The van der Waals surface area contributed by atoms with E-state index in [2.05, 4.69) is 37.2 Å². The van der Waals surface area contributed by atoms with Gasteiger partial charge in [0.1, 0.15) is 5.75 Å². The van der Waals surface area contributed by atoms with E-state index in [-0.39, 0.29) is 11.3 Å². The average molecular weight is 407 g/mol. The zero-order chi connectivity index (χ0) is 19.8. The Morgan fingerprint density at radius 3 is 2.67 bits per heavy atom. The Labute approximate surface area is 170 Å². The molecule has 27 heavy (non-hydrogen) atoms. The molecule has 4 nitrogen and oxygen atoms in total. The Morgan fingerprint density at radius 2 is 2.00 bits per heavy atom. The predicted molar refractivity (Wildman–Crippen MR) is 111 cm³/mol. The first-order valence-electron chi connectivity index (χ1n) is 8.97. The minimum absolute atomic E-state index is 0.0111. The molecule has 0 aromatic heterocycles. The summed E-state index contributed by atoms with van der Waals surface area (Å²) in [4.78, 5) is 14.9. The van der Waals surface area contributed by atoms with Gasteiger partial charge in [0.05, 0.1) is 22.3 Å². The Hall–Kier alpha value is -1.75. The lowest BCUT2D eigenvalue weighted by atomic mass is 9.78. The van der Waals surface area contributed by atoms with Crippen molar-refractivity contribution >= 4 is 34.8 Å². The van der Waals surface area contributed by atoms with Crippen LogP contribution in [0, 0.1) is 0 Å². The number of nitrogens with zero attached hydrogens (tertiary/aromatic N) is 1. The van der Waals surface area contributed by atoms with Crippen molar-refractivity contribution in [3.05, 3.63) is 57.1 Å². The van der Waals surface area contributed by atoms with Crippen LogP contribution in [0.5, 0.6) is 5.75 Å². The van der Waals surface area contributed by atoms with E-state index in [1.807, 2.05) is 13.0 Å². The molecule has 1 heterocycles. The smallest absolute Gasteiger partial charge is 0.255 e. The maximum absolute atomic E-state index is 12.7. The largest absolute Gasteiger partial charge is 0.492 e. The van der Waals surface area contributed by atoms with Crippen molar-refractivity contribution in [3.8, 4) is 5.75 Å². The lowest BCUT2D eigenvalue weighted by Crippen LogP contribution is -2.40. The van der Waals surface area contributed by atoms with Gasteiger partial charge in [-0.25, -0.2) is 0 Å². The number of likely N-dealkylation sites (N-methyl/N-ethyl adjacent to an activating group) is 1. The number of amides is 1. The Morgan fingerprint density at radius 1 is 1.26 bits per heavy atom. The minimum Gasteiger partial charge on any atom is -0.492 e. The summed E-state index contributed by atoms with van der Waals surface area (Å²) < 4.78 is 5.41. The van der Waals surface area contributed by atoms with Crippen molar-refractivity contribution < 1.29 is 9.53 Å². The van der Waals surface area contributed by atoms with Gasteiger partial charge in [0.2, 0.25) is 0 Å². The van der Waals surface area contributed by atoms with Gasteiger partial charge >= 0.3 is 0 Å². The number of nitrogens with one attached hydrogen (secondary N) is 1. The monoisotopic (exact) mass is 406 g/mol. The van der Waals surface area contributed by atoms with Crippen molar-refractivity contribution in [1.29, 1.82) is 0 Å². The zero-order valence-corrected chi connectivity index (χ0v) is 17.5. The molecule has 3 rings (SSSR count). The molecule has 2 aromatic rings. The van der Waals surface area contributed by atoms with E-state index in [0.717, 1.165) is 18.7 Å².